The summed E-state index contributed by atoms with van der Waals surface area (Å²) in [4.78, 5) is 45.6. The van der Waals surface area contributed by atoms with Crippen molar-refractivity contribution >= 4 is 89.6 Å². The second-order valence-electron chi connectivity index (χ2n) is 10.9. The van der Waals surface area contributed by atoms with Gasteiger partial charge in [0, 0.05) is 36.0 Å². The number of rotatable bonds is 11. The van der Waals surface area contributed by atoms with E-state index in [4.69, 9.17) is 0 Å². The summed E-state index contributed by atoms with van der Waals surface area (Å²) in [5, 5.41) is 10.5. The first-order chi connectivity index (χ1) is 24.3. The van der Waals surface area contributed by atoms with Gasteiger partial charge in [-0.15, -0.1) is 23.1 Å². The van der Waals surface area contributed by atoms with Crippen molar-refractivity contribution in [3.63, 3.8) is 0 Å². The quantitative estimate of drug-likeness (QED) is 0.0893. The summed E-state index contributed by atoms with van der Waals surface area (Å²) in [7, 11) is 0. The Morgan fingerprint density at radius 2 is 1.34 bits per heavy atom. The molecule has 248 valence electrons. The van der Waals surface area contributed by atoms with Crippen LogP contribution >= 0.6 is 55.0 Å². The zero-order valence-electron chi connectivity index (χ0n) is 26.2. The third-order valence-electron chi connectivity index (χ3n) is 7.29. The lowest BCUT2D eigenvalue weighted by molar-refractivity contribution is -0.116. The SMILES string of the molecule is O=C(Nc1ccc(SC(C(=O)Nc2nc(-c3ccc(Br)cc3)cs2)c2ccccc2)cc1)/C(=C/c1ccc(Br)cc1)NC(=O)c1ccccc1. The van der Waals surface area contributed by atoms with Crippen molar-refractivity contribution in [2.45, 2.75) is 10.1 Å². The van der Waals surface area contributed by atoms with Crippen LogP contribution in [-0.4, -0.2) is 22.7 Å². The fourth-order valence-corrected chi connectivity index (χ4v) is 7.05. The summed E-state index contributed by atoms with van der Waals surface area (Å²) in [6.45, 7) is 0. The van der Waals surface area contributed by atoms with Crippen LogP contribution < -0.4 is 16.0 Å². The predicted octanol–water partition coefficient (Wildman–Crippen LogP) is 10.2. The van der Waals surface area contributed by atoms with E-state index in [2.05, 4.69) is 52.8 Å². The molecule has 3 N–H and O–H groups in total. The number of benzene rings is 5. The molecule has 0 aliphatic carbocycles. The van der Waals surface area contributed by atoms with Crippen molar-refractivity contribution in [1.82, 2.24) is 10.3 Å². The fraction of sp³-hybridized carbons (Fsp3) is 0.0256. The number of halogens is 2. The number of carbonyl (C=O) groups excluding carboxylic acids is 3. The molecule has 50 heavy (non-hydrogen) atoms. The first kappa shape index (κ1) is 35.0. The second kappa shape index (κ2) is 16.7. The zero-order valence-corrected chi connectivity index (χ0v) is 31.0. The van der Waals surface area contributed by atoms with Gasteiger partial charge >= 0.3 is 0 Å². The average molecular weight is 825 g/mol. The van der Waals surface area contributed by atoms with Crippen LogP contribution in [-0.2, 0) is 9.59 Å². The molecular formula is C39H28Br2N4O3S2. The monoisotopic (exact) mass is 822 g/mol. The molecule has 1 unspecified atom stereocenters. The Kier molecular flexibility index (Phi) is 11.7. The third-order valence-corrected chi connectivity index (χ3v) is 10.4. The molecule has 0 bridgehead atoms. The van der Waals surface area contributed by atoms with E-state index in [1.54, 1.807) is 42.5 Å². The van der Waals surface area contributed by atoms with Gasteiger partial charge in [-0.25, -0.2) is 4.98 Å². The lowest BCUT2D eigenvalue weighted by Gasteiger charge is -2.17. The van der Waals surface area contributed by atoms with Crippen molar-refractivity contribution in [2.24, 2.45) is 0 Å². The van der Waals surface area contributed by atoms with Crippen molar-refractivity contribution in [3.8, 4) is 11.3 Å². The minimum atomic E-state index is -0.565. The Balaban J connectivity index is 1.16. The molecule has 0 spiro atoms. The lowest BCUT2D eigenvalue weighted by Crippen LogP contribution is -2.30. The summed E-state index contributed by atoms with van der Waals surface area (Å²) in [6, 6.07) is 40.7. The summed E-state index contributed by atoms with van der Waals surface area (Å²) < 4.78 is 1.88. The number of carbonyl (C=O) groups is 3. The van der Waals surface area contributed by atoms with Gasteiger partial charge in [0.2, 0.25) is 5.91 Å². The van der Waals surface area contributed by atoms with Gasteiger partial charge < -0.3 is 16.0 Å². The van der Waals surface area contributed by atoms with Crippen LogP contribution in [0.2, 0.25) is 0 Å². The number of anilines is 2. The van der Waals surface area contributed by atoms with Gasteiger partial charge in [0.05, 0.1) is 5.69 Å². The standard InChI is InChI=1S/C39H28Br2N4O3S2/c40-29-15-11-25(12-16-29)23-33(43-36(46)28-9-5-2-6-10-28)37(47)42-31-19-21-32(22-20-31)50-35(27-7-3-1-4-8-27)38(48)45-39-44-34(24-49-39)26-13-17-30(41)18-14-26/h1-24,35H,(H,42,47)(H,43,46)(H,44,45,48)/b33-23-. The molecule has 0 aliphatic rings. The summed E-state index contributed by atoms with van der Waals surface area (Å²) in [5.41, 5.74) is 4.37. The molecule has 7 nitrogen and oxygen atoms in total. The van der Waals surface area contributed by atoms with Crippen LogP contribution in [0.4, 0.5) is 10.8 Å². The maximum Gasteiger partial charge on any atom is 0.272 e. The first-order valence-corrected chi connectivity index (χ1v) is 18.6. The third kappa shape index (κ3) is 9.45. The molecule has 0 saturated carbocycles. The average Bonchev–Trinajstić information content (AvgIpc) is 3.61. The Bertz CT molecular complexity index is 2120. The van der Waals surface area contributed by atoms with Gasteiger partial charge in [-0.2, -0.15) is 0 Å². The number of thioether (sulfide) groups is 1. The summed E-state index contributed by atoms with van der Waals surface area (Å²) >= 11 is 9.64. The number of nitrogens with one attached hydrogen (secondary N) is 3. The predicted molar refractivity (Wildman–Crippen MR) is 210 cm³/mol. The Morgan fingerprint density at radius 3 is 2.00 bits per heavy atom. The topological polar surface area (TPSA) is 100 Å². The highest BCUT2D eigenvalue weighted by Crippen LogP contribution is 2.37. The normalized spacial score (nSPS) is 11.8. The van der Waals surface area contributed by atoms with E-state index < -0.39 is 17.1 Å². The largest absolute Gasteiger partial charge is 0.321 e. The molecule has 6 aromatic rings. The summed E-state index contributed by atoms with van der Waals surface area (Å²) in [6.07, 6.45) is 1.63. The molecule has 6 rings (SSSR count). The van der Waals surface area contributed by atoms with Crippen molar-refractivity contribution < 1.29 is 14.4 Å². The number of thiazole rings is 1. The molecule has 0 radical (unpaired) electrons. The van der Waals surface area contributed by atoms with E-state index in [1.165, 1.54) is 23.1 Å². The van der Waals surface area contributed by atoms with Crippen LogP contribution in [0.3, 0.4) is 0 Å². The van der Waals surface area contributed by atoms with E-state index in [0.29, 0.717) is 16.4 Å². The number of aromatic nitrogens is 1. The van der Waals surface area contributed by atoms with Crippen LogP contribution in [0.5, 0.6) is 0 Å². The molecule has 1 atom stereocenters. The summed E-state index contributed by atoms with van der Waals surface area (Å²) in [5.74, 6) is -1.08. The van der Waals surface area contributed by atoms with E-state index in [-0.39, 0.29) is 11.6 Å². The van der Waals surface area contributed by atoms with E-state index in [0.717, 1.165) is 36.2 Å². The molecule has 1 heterocycles. The van der Waals surface area contributed by atoms with Crippen molar-refractivity contribution in [1.29, 1.82) is 0 Å². The van der Waals surface area contributed by atoms with E-state index in [1.807, 2.05) is 102 Å². The molecule has 0 saturated heterocycles. The number of hydrogen-bond acceptors (Lipinski definition) is 6. The highest BCUT2D eigenvalue weighted by Gasteiger charge is 2.23. The minimum absolute atomic E-state index is 0.0888. The maximum absolute atomic E-state index is 13.7. The molecule has 5 aromatic carbocycles. The van der Waals surface area contributed by atoms with Gasteiger partial charge in [-0.3, -0.25) is 14.4 Å². The van der Waals surface area contributed by atoms with Crippen LogP contribution in [0, 0.1) is 0 Å². The van der Waals surface area contributed by atoms with Crippen LogP contribution in [0.1, 0.15) is 26.7 Å². The van der Waals surface area contributed by atoms with E-state index in [9.17, 15) is 14.4 Å². The van der Waals surface area contributed by atoms with Crippen molar-refractivity contribution in [2.75, 3.05) is 10.6 Å². The number of nitrogens with zero attached hydrogens (tertiary/aromatic N) is 1. The second-order valence-corrected chi connectivity index (χ2v) is 14.7. The smallest absolute Gasteiger partial charge is 0.272 e. The molecular weight excluding hydrogens is 796 g/mol. The van der Waals surface area contributed by atoms with Crippen LogP contribution in [0.25, 0.3) is 17.3 Å². The molecule has 0 aliphatic heterocycles. The molecule has 1 aromatic heterocycles. The fourth-order valence-electron chi connectivity index (χ4n) is 4.78. The highest BCUT2D eigenvalue weighted by atomic mass is 79.9. The molecule has 11 heteroatoms. The maximum atomic E-state index is 13.7. The van der Waals surface area contributed by atoms with Gasteiger partial charge in [0.25, 0.3) is 11.8 Å². The van der Waals surface area contributed by atoms with Gasteiger partial charge in [0.15, 0.2) is 5.13 Å². The van der Waals surface area contributed by atoms with Gasteiger partial charge in [-0.05, 0) is 77.9 Å². The van der Waals surface area contributed by atoms with E-state index >= 15 is 0 Å². The first-order valence-electron chi connectivity index (χ1n) is 15.3. The Labute approximate surface area is 314 Å². The highest BCUT2D eigenvalue weighted by molar-refractivity contribution is 9.10. The van der Waals surface area contributed by atoms with Crippen molar-refractivity contribution in [3.05, 3.63) is 170 Å². The lowest BCUT2D eigenvalue weighted by atomic mass is 10.1. The molecule has 0 fully saturated rings. The zero-order chi connectivity index (χ0) is 34.9. The minimum Gasteiger partial charge on any atom is -0.321 e. The van der Waals surface area contributed by atoms with Gasteiger partial charge in [0.1, 0.15) is 10.9 Å². The Morgan fingerprint density at radius 1 is 0.720 bits per heavy atom. The number of hydrogen-bond donors (Lipinski definition) is 3. The number of amides is 3. The van der Waals surface area contributed by atoms with Gasteiger partial charge in [-0.1, -0.05) is 105 Å². The van der Waals surface area contributed by atoms with Crippen LogP contribution in [0.15, 0.2) is 158 Å². The Hall–Kier alpha value is -4.81. The molecule has 3 amide bonds.